The van der Waals surface area contributed by atoms with Crippen LogP contribution in [0.25, 0.3) is 0 Å². The predicted octanol–water partition coefficient (Wildman–Crippen LogP) is 5.64. The summed E-state index contributed by atoms with van der Waals surface area (Å²) < 4.78 is 0.987. The molecule has 3 nitrogen and oxygen atoms in total. The lowest BCUT2D eigenvalue weighted by molar-refractivity contribution is 0.208. The van der Waals surface area contributed by atoms with Crippen LogP contribution in [0, 0.1) is 6.92 Å². The van der Waals surface area contributed by atoms with Crippen LogP contribution in [0.1, 0.15) is 24.1 Å². The van der Waals surface area contributed by atoms with Gasteiger partial charge in [0.05, 0.1) is 6.04 Å². The molecule has 0 aliphatic heterocycles. The van der Waals surface area contributed by atoms with Gasteiger partial charge in [-0.1, -0.05) is 45.7 Å². The SMILES string of the molecule is Cc1cc(Br)ccc1NC(=O)N(C)C(C)c1ccccc1Cl. The Kier molecular flexibility index (Phi) is 5.48. The zero-order valence-electron chi connectivity index (χ0n) is 12.7. The number of halogens is 2. The number of hydrogen-bond acceptors (Lipinski definition) is 1. The molecule has 0 aromatic heterocycles. The van der Waals surface area contributed by atoms with Crippen molar-refractivity contribution >= 4 is 39.2 Å². The number of carbonyl (C=O) groups excluding carboxylic acids is 1. The van der Waals surface area contributed by atoms with Crippen LogP contribution >= 0.6 is 27.5 Å². The molecule has 22 heavy (non-hydrogen) atoms. The van der Waals surface area contributed by atoms with Crippen molar-refractivity contribution in [2.24, 2.45) is 0 Å². The van der Waals surface area contributed by atoms with Gasteiger partial charge in [0, 0.05) is 22.2 Å². The van der Waals surface area contributed by atoms with E-state index in [1.165, 1.54) is 0 Å². The van der Waals surface area contributed by atoms with Crippen molar-refractivity contribution in [2.75, 3.05) is 12.4 Å². The van der Waals surface area contributed by atoms with E-state index < -0.39 is 0 Å². The molecule has 0 saturated carbocycles. The van der Waals surface area contributed by atoms with Gasteiger partial charge in [-0.25, -0.2) is 4.79 Å². The van der Waals surface area contributed by atoms with Crippen LogP contribution < -0.4 is 5.32 Å². The molecule has 0 heterocycles. The van der Waals surface area contributed by atoms with E-state index in [0.717, 1.165) is 21.3 Å². The van der Waals surface area contributed by atoms with Crippen molar-refractivity contribution in [1.29, 1.82) is 0 Å². The van der Waals surface area contributed by atoms with Gasteiger partial charge in [-0.05, 0) is 49.2 Å². The first-order valence-corrected chi connectivity index (χ1v) is 8.11. The zero-order valence-corrected chi connectivity index (χ0v) is 15.1. The molecule has 2 aromatic rings. The molecule has 1 unspecified atom stereocenters. The molecule has 5 heteroatoms. The van der Waals surface area contributed by atoms with Crippen molar-refractivity contribution in [2.45, 2.75) is 19.9 Å². The first-order chi connectivity index (χ1) is 10.4. The monoisotopic (exact) mass is 380 g/mol. The summed E-state index contributed by atoms with van der Waals surface area (Å²) in [5.41, 5.74) is 2.72. The van der Waals surface area contributed by atoms with Gasteiger partial charge in [0.2, 0.25) is 0 Å². The molecule has 1 atom stereocenters. The molecular weight excluding hydrogens is 364 g/mol. The van der Waals surface area contributed by atoms with Gasteiger partial charge >= 0.3 is 6.03 Å². The Morgan fingerprint density at radius 3 is 2.59 bits per heavy atom. The molecule has 2 amide bonds. The minimum Gasteiger partial charge on any atom is -0.321 e. The molecule has 2 rings (SSSR count). The summed E-state index contributed by atoms with van der Waals surface area (Å²) in [7, 11) is 1.76. The third kappa shape index (κ3) is 3.81. The maximum absolute atomic E-state index is 12.4. The molecule has 1 N–H and O–H groups in total. The lowest BCUT2D eigenvalue weighted by Gasteiger charge is -2.26. The first kappa shape index (κ1) is 16.8. The molecule has 116 valence electrons. The number of carbonyl (C=O) groups is 1. The highest BCUT2D eigenvalue weighted by molar-refractivity contribution is 9.10. The maximum Gasteiger partial charge on any atom is 0.322 e. The molecule has 0 radical (unpaired) electrons. The Balaban J connectivity index is 2.13. The second-order valence-corrected chi connectivity index (χ2v) is 6.52. The summed E-state index contributed by atoms with van der Waals surface area (Å²) in [5, 5.41) is 3.59. The molecule has 0 fully saturated rings. The van der Waals surface area contributed by atoms with E-state index in [-0.39, 0.29) is 12.1 Å². The molecule has 0 saturated heterocycles. The smallest absolute Gasteiger partial charge is 0.321 e. The summed E-state index contributed by atoms with van der Waals surface area (Å²) in [6.07, 6.45) is 0. The Labute approximate surface area is 144 Å². The Hall–Kier alpha value is -1.52. The summed E-state index contributed by atoms with van der Waals surface area (Å²) in [5.74, 6) is 0. The quantitative estimate of drug-likeness (QED) is 0.733. The molecule has 2 aromatic carbocycles. The maximum atomic E-state index is 12.4. The summed E-state index contributed by atoms with van der Waals surface area (Å²) >= 11 is 9.62. The number of nitrogens with one attached hydrogen (secondary N) is 1. The molecular formula is C17H18BrClN2O. The van der Waals surface area contributed by atoms with Gasteiger partial charge < -0.3 is 10.2 Å². The van der Waals surface area contributed by atoms with E-state index in [0.29, 0.717) is 5.02 Å². The van der Waals surface area contributed by atoms with E-state index in [4.69, 9.17) is 11.6 Å². The number of urea groups is 1. The highest BCUT2D eigenvalue weighted by Crippen LogP contribution is 2.27. The summed E-state index contributed by atoms with van der Waals surface area (Å²) in [6.45, 7) is 3.91. The minimum absolute atomic E-state index is 0.121. The number of amides is 2. The number of benzene rings is 2. The van der Waals surface area contributed by atoms with Crippen molar-refractivity contribution in [3.63, 3.8) is 0 Å². The van der Waals surface area contributed by atoms with E-state index >= 15 is 0 Å². The fraction of sp³-hybridized carbons (Fsp3) is 0.235. The molecule has 0 aliphatic carbocycles. The van der Waals surface area contributed by atoms with Crippen LogP contribution in [0.5, 0.6) is 0 Å². The van der Waals surface area contributed by atoms with Gasteiger partial charge in [0.25, 0.3) is 0 Å². The fourth-order valence-electron chi connectivity index (χ4n) is 2.17. The van der Waals surface area contributed by atoms with Gasteiger partial charge in [-0.15, -0.1) is 0 Å². The van der Waals surface area contributed by atoms with Crippen molar-refractivity contribution in [3.05, 3.63) is 63.1 Å². The third-order valence-corrected chi connectivity index (χ3v) is 4.52. The van der Waals surface area contributed by atoms with Crippen molar-refractivity contribution < 1.29 is 4.79 Å². The minimum atomic E-state index is -0.169. The molecule has 0 aliphatic rings. The Morgan fingerprint density at radius 2 is 1.95 bits per heavy atom. The van der Waals surface area contributed by atoms with E-state index in [1.54, 1.807) is 11.9 Å². The third-order valence-electron chi connectivity index (χ3n) is 3.69. The van der Waals surface area contributed by atoms with Crippen LogP contribution in [0.3, 0.4) is 0 Å². The zero-order chi connectivity index (χ0) is 16.3. The van der Waals surface area contributed by atoms with E-state index in [9.17, 15) is 4.79 Å². The number of aryl methyl sites for hydroxylation is 1. The predicted molar refractivity (Wildman–Crippen MR) is 95.5 cm³/mol. The van der Waals surface area contributed by atoms with E-state index in [2.05, 4.69) is 21.2 Å². The van der Waals surface area contributed by atoms with Crippen LogP contribution in [-0.4, -0.2) is 18.0 Å². The number of rotatable bonds is 3. The van der Waals surface area contributed by atoms with Crippen LogP contribution in [0.4, 0.5) is 10.5 Å². The fourth-order valence-corrected chi connectivity index (χ4v) is 2.94. The number of anilines is 1. The lowest BCUT2D eigenvalue weighted by atomic mass is 10.1. The van der Waals surface area contributed by atoms with Gasteiger partial charge in [-0.3, -0.25) is 0 Å². The standard InChI is InChI=1S/C17H18BrClN2O/c1-11-10-13(18)8-9-16(11)20-17(22)21(3)12(2)14-6-4-5-7-15(14)19/h4-10,12H,1-3H3,(H,20,22). The molecule has 0 spiro atoms. The largest absolute Gasteiger partial charge is 0.322 e. The van der Waals surface area contributed by atoms with Crippen LogP contribution in [-0.2, 0) is 0 Å². The highest BCUT2D eigenvalue weighted by atomic mass is 79.9. The average Bonchev–Trinajstić information content (AvgIpc) is 2.49. The second-order valence-electron chi connectivity index (χ2n) is 5.20. The van der Waals surface area contributed by atoms with Gasteiger partial charge in [0.1, 0.15) is 0 Å². The van der Waals surface area contributed by atoms with E-state index in [1.807, 2.05) is 56.3 Å². The summed E-state index contributed by atoms with van der Waals surface area (Å²) in [6, 6.07) is 13.0. The normalized spacial score (nSPS) is 11.9. The number of hydrogen-bond donors (Lipinski definition) is 1. The topological polar surface area (TPSA) is 32.3 Å². The summed E-state index contributed by atoms with van der Waals surface area (Å²) in [4.78, 5) is 14.1. The Morgan fingerprint density at radius 1 is 1.27 bits per heavy atom. The number of nitrogens with zero attached hydrogens (tertiary/aromatic N) is 1. The lowest BCUT2D eigenvalue weighted by Crippen LogP contribution is -2.33. The van der Waals surface area contributed by atoms with Gasteiger partial charge in [-0.2, -0.15) is 0 Å². The van der Waals surface area contributed by atoms with Crippen LogP contribution in [0.15, 0.2) is 46.9 Å². The second kappa shape index (κ2) is 7.16. The molecule has 0 bridgehead atoms. The van der Waals surface area contributed by atoms with Crippen LogP contribution in [0.2, 0.25) is 5.02 Å². The highest BCUT2D eigenvalue weighted by Gasteiger charge is 2.19. The Bertz CT molecular complexity index is 690. The first-order valence-electron chi connectivity index (χ1n) is 6.94. The van der Waals surface area contributed by atoms with Gasteiger partial charge in [0.15, 0.2) is 0 Å². The average molecular weight is 382 g/mol. The van der Waals surface area contributed by atoms with Crippen molar-refractivity contribution in [3.8, 4) is 0 Å². The van der Waals surface area contributed by atoms with Crippen molar-refractivity contribution in [1.82, 2.24) is 4.90 Å².